The average Bonchev–Trinajstić information content (AvgIpc) is 2.93. The molecule has 1 atom stereocenters. The second-order valence-electron chi connectivity index (χ2n) is 5.38. The van der Waals surface area contributed by atoms with Crippen molar-refractivity contribution in [3.05, 3.63) is 21.4 Å². The molecule has 0 radical (unpaired) electrons. The molecule has 1 heterocycles. The number of aryl methyl sites for hydroxylation is 1. The molecule has 2 amide bonds. The summed E-state index contributed by atoms with van der Waals surface area (Å²) < 4.78 is 4.96. The van der Waals surface area contributed by atoms with E-state index in [-0.39, 0.29) is 0 Å². The second-order valence-corrected chi connectivity index (χ2v) is 6.52. The van der Waals surface area contributed by atoms with Gasteiger partial charge >= 0.3 is 5.97 Å². The zero-order valence-corrected chi connectivity index (χ0v) is 13.5. The molecule has 0 bridgehead atoms. The number of rotatable bonds is 4. The maximum absolute atomic E-state index is 12.0. The third-order valence-electron chi connectivity index (χ3n) is 3.68. The van der Waals surface area contributed by atoms with Crippen molar-refractivity contribution in [1.29, 1.82) is 0 Å². The molecular weight excluding hydrogens is 304 g/mol. The van der Waals surface area contributed by atoms with Crippen molar-refractivity contribution >= 4 is 29.1 Å². The summed E-state index contributed by atoms with van der Waals surface area (Å²) in [6.07, 6.45) is 4.34. The summed E-state index contributed by atoms with van der Waals surface area (Å²) in [4.78, 5) is 35.8. The lowest BCUT2D eigenvalue weighted by molar-refractivity contribution is -0.129. The summed E-state index contributed by atoms with van der Waals surface area (Å²) in [7, 11) is 0. The number of hydrogen-bond donors (Lipinski definition) is 2. The van der Waals surface area contributed by atoms with Gasteiger partial charge in [0.25, 0.3) is 5.91 Å². The first-order valence-corrected chi connectivity index (χ1v) is 8.15. The van der Waals surface area contributed by atoms with Crippen LogP contribution in [0.4, 0.5) is 0 Å². The minimum Gasteiger partial charge on any atom is -0.451 e. The number of thiophene rings is 1. The Morgan fingerprint density at radius 1 is 1.36 bits per heavy atom. The molecule has 0 saturated carbocycles. The number of carbonyl (C=O) groups excluding carboxylic acids is 3. The molecule has 1 aromatic rings. The van der Waals surface area contributed by atoms with Gasteiger partial charge in [0.15, 0.2) is 6.61 Å². The summed E-state index contributed by atoms with van der Waals surface area (Å²) in [5.74, 6) is -0.771. The van der Waals surface area contributed by atoms with Crippen LogP contribution < -0.4 is 10.9 Å². The lowest BCUT2D eigenvalue weighted by atomic mass is 9.87. The fourth-order valence-corrected chi connectivity index (χ4v) is 3.55. The van der Waals surface area contributed by atoms with E-state index in [1.807, 2.05) is 6.07 Å². The van der Waals surface area contributed by atoms with Crippen LogP contribution in [0.1, 0.15) is 46.8 Å². The Morgan fingerprint density at radius 3 is 2.82 bits per heavy atom. The number of fused-ring (bicyclic) bond motifs is 1. The SMILES string of the molecule is CC[C@H]1CCc2sc(C(=O)OCC(=O)NNC(C)=O)cc2C1. The predicted octanol–water partition coefficient (Wildman–Crippen LogP) is 1.59. The van der Waals surface area contributed by atoms with Crippen LogP contribution in [0.15, 0.2) is 6.07 Å². The lowest BCUT2D eigenvalue weighted by Crippen LogP contribution is -2.42. The molecule has 0 fully saturated rings. The molecule has 22 heavy (non-hydrogen) atoms. The van der Waals surface area contributed by atoms with Crippen LogP contribution in [0.25, 0.3) is 0 Å². The van der Waals surface area contributed by atoms with E-state index < -0.39 is 24.4 Å². The van der Waals surface area contributed by atoms with E-state index in [4.69, 9.17) is 4.74 Å². The monoisotopic (exact) mass is 324 g/mol. The maximum Gasteiger partial charge on any atom is 0.348 e. The van der Waals surface area contributed by atoms with E-state index in [0.29, 0.717) is 10.8 Å². The molecule has 0 aromatic carbocycles. The van der Waals surface area contributed by atoms with E-state index in [2.05, 4.69) is 17.8 Å². The summed E-state index contributed by atoms with van der Waals surface area (Å²) >= 11 is 1.45. The molecule has 0 saturated heterocycles. The molecule has 0 aliphatic heterocycles. The van der Waals surface area contributed by atoms with E-state index in [1.54, 1.807) is 0 Å². The highest BCUT2D eigenvalue weighted by Gasteiger charge is 2.22. The minimum absolute atomic E-state index is 0.393. The number of nitrogens with one attached hydrogen (secondary N) is 2. The van der Waals surface area contributed by atoms with Gasteiger partial charge in [0.05, 0.1) is 0 Å². The van der Waals surface area contributed by atoms with Gasteiger partial charge in [0.1, 0.15) is 4.88 Å². The number of ether oxygens (including phenoxy) is 1. The normalized spacial score (nSPS) is 16.5. The Labute approximate surface area is 133 Å². The summed E-state index contributed by atoms with van der Waals surface area (Å²) in [6.45, 7) is 3.04. The summed E-state index contributed by atoms with van der Waals surface area (Å²) in [6, 6.07) is 1.88. The van der Waals surface area contributed by atoms with Crippen LogP contribution in [0, 0.1) is 5.92 Å². The largest absolute Gasteiger partial charge is 0.451 e. The molecule has 2 N–H and O–H groups in total. The van der Waals surface area contributed by atoms with Gasteiger partial charge in [-0.25, -0.2) is 4.79 Å². The number of hydrazine groups is 1. The van der Waals surface area contributed by atoms with Crippen LogP contribution in [0.5, 0.6) is 0 Å². The summed E-state index contributed by atoms with van der Waals surface area (Å²) in [5, 5.41) is 0. The van der Waals surface area contributed by atoms with Crippen molar-refractivity contribution in [3.63, 3.8) is 0 Å². The second kappa shape index (κ2) is 7.40. The van der Waals surface area contributed by atoms with Crippen molar-refractivity contribution in [1.82, 2.24) is 10.9 Å². The van der Waals surface area contributed by atoms with Crippen molar-refractivity contribution in [2.75, 3.05) is 6.61 Å². The zero-order valence-electron chi connectivity index (χ0n) is 12.7. The maximum atomic E-state index is 12.0. The fourth-order valence-electron chi connectivity index (χ4n) is 2.44. The molecule has 2 rings (SSSR count). The first-order valence-electron chi connectivity index (χ1n) is 7.33. The van der Waals surface area contributed by atoms with Crippen molar-refractivity contribution in [2.24, 2.45) is 5.92 Å². The standard InChI is InChI=1S/C15H20N2O4S/c1-3-10-4-5-12-11(6-10)7-13(22-12)15(20)21-8-14(19)17-16-9(2)18/h7,10H,3-6,8H2,1-2H3,(H,16,18)(H,17,19)/t10-/m0/s1. The number of carbonyl (C=O) groups is 3. The van der Waals surface area contributed by atoms with Crippen molar-refractivity contribution in [2.45, 2.75) is 39.5 Å². The van der Waals surface area contributed by atoms with Gasteiger partial charge in [-0.05, 0) is 36.8 Å². The van der Waals surface area contributed by atoms with E-state index in [0.717, 1.165) is 25.7 Å². The third kappa shape index (κ3) is 4.30. The quantitative estimate of drug-likeness (QED) is 0.650. The van der Waals surface area contributed by atoms with Gasteiger partial charge in [-0.3, -0.25) is 20.4 Å². The highest BCUT2D eigenvalue weighted by atomic mass is 32.1. The molecule has 1 aliphatic rings. The Bertz CT molecular complexity index is 582. The Kier molecular flexibility index (Phi) is 5.54. The number of esters is 1. The first kappa shape index (κ1) is 16.5. The van der Waals surface area contributed by atoms with Gasteiger partial charge in [-0.2, -0.15) is 0 Å². The van der Waals surface area contributed by atoms with E-state index >= 15 is 0 Å². The Balaban J connectivity index is 1.87. The topological polar surface area (TPSA) is 84.5 Å². The third-order valence-corrected chi connectivity index (χ3v) is 4.89. The van der Waals surface area contributed by atoms with E-state index in [9.17, 15) is 14.4 Å². The molecule has 7 heteroatoms. The average molecular weight is 324 g/mol. The smallest absolute Gasteiger partial charge is 0.348 e. The molecule has 0 spiro atoms. The van der Waals surface area contributed by atoms with Gasteiger partial charge in [0.2, 0.25) is 5.91 Å². The molecule has 6 nitrogen and oxygen atoms in total. The zero-order chi connectivity index (χ0) is 16.1. The van der Waals surface area contributed by atoms with Crippen molar-refractivity contribution in [3.8, 4) is 0 Å². The Hall–Kier alpha value is -1.89. The van der Waals surface area contributed by atoms with Gasteiger partial charge in [0, 0.05) is 11.8 Å². The first-order chi connectivity index (χ1) is 10.5. The number of amides is 2. The molecular formula is C15H20N2O4S. The van der Waals surface area contributed by atoms with Crippen LogP contribution in [0.3, 0.4) is 0 Å². The molecule has 0 unspecified atom stereocenters. The lowest BCUT2D eigenvalue weighted by Gasteiger charge is -2.19. The highest BCUT2D eigenvalue weighted by Crippen LogP contribution is 2.33. The van der Waals surface area contributed by atoms with Crippen LogP contribution in [-0.2, 0) is 27.2 Å². The van der Waals surface area contributed by atoms with Crippen LogP contribution >= 0.6 is 11.3 Å². The Morgan fingerprint density at radius 2 is 2.14 bits per heavy atom. The van der Waals surface area contributed by atoms with Gasteiger partial charge in [-0.15, -0.1) is 11.3 Å². The van der Waals surface area contributed by atoms with E-state index in [1.165, 1.54) is 28.7 Å². The van der Waals surface area contributed by atoms with Gasteiger partial charge in [-0.1, -0.05) is 13.3 Å². The predicted molar refractivity (Wildman–Crippen MR) is 82.4 cm³/mol. The number of hydrogen-bond acceptors (Lipinski definition) is 5. The highest BCUT2D eigenvalue weighted by molar-refractivity contribution is 7.14. The van der Waals surface area contributed by atoms with Crippen LogP contribution in [0.2, 0.25) is 0 Å². The molecule has 1 aromatic heterocycles. The summed E-state index contributed by atoms with van der Waals surface area (Å²) in [5.41, 5.74) is 5.51. The van der Waals surface area contributed by atoms with Gasteiger partial charge < -0.3 is 4.74 Å². The molecule has 120 valence electrons. The minimum atomic E-state index is -0.573. The van der Waals surface area contributed by atoms with Crippen LogP contribution in [-0.4, -0.2) is 24.4 Å². The fraction of sp³-hybridized carbons (Fsp3) is 0.533. The van der Waals surface area contributed by atoms with Crippen molar-refractivity contribution < 1.29 is 19.1 Å². The molecule has 1 aliphatic carbocycles.